The van der Waals surface area contributed by atoms with Gasteiger partial charge in [0.25, 0.3) is 47.3 Å². The molecular weight excluding hydrogens is 1870 g/mol. The topological polar surface area (TPSA) is 384 Å². The number of pyridine rings is 4. The summed E-state index contributed by atoms with van der Waals surface area (Å²) >= 11 is 35.6. The van der Waals surface area contributed by atoms with E-state index in [4.69, 9.17) is 85.8 Å². The molecule has 3 saturated heterocycles. The molecule has 15 rings (SSSR count). The molecule has 28 nitrogen and oxygen atoms in total. The summed E-state index contributed by atoms with van der Waals surface area (Å²) in [6, 6.07) is 51.0. The van der Waals surface area contributed by atoms with E-state index in [1.807, 2.05) is 21.6 Å². The van der Waals surface area contributed by atoms with E-state index in [0.29, 0.717) is 98.5 Å². The van der Waals surface area contributed by atoms with Crippen LogP contribution >= 0.6 is 69.6 Å². The number of halogens is 12. The number of carbonyl (C=O) groups is 8. The van der Waals surface area contributed by atoms with Gasteiger partial charge in [-0.2, -0.15) is 0 Å². The van der Waals surface area contributed by atoms with Crippen molar-refractivity contribution in [2.75, 3.05) is 81.8 Å². The fourth-order valence-electron chi connectivity index (χ4n) is 12.7. The average molecular weight is 1940 g/mol. The molecule has 0 bridgehead atoms. The van der Waals surface area contributed by atoms with Gasteiger partial charge >= 0.3 is 12.7 Å². The number of nitrogens with zero attached hydrogens (tertiary/aromatic N) is 7. The first kappa shape index (κ1) is 98.2. The zero-order chi connectivity index (χ0) is 96.4. The van der Waals surface area contributed by atoms with E-state index in [1.54, 1.807) is 135 Å². The summed E-state index contributed by atoms with van der Waals surface area (Å²) in [5.41, 5.74) is 6.94. The lowest BCUT2D eigenvalue weighted by Gasteiger charge is -2.33. The first-order chi connectivity index (χ1) is 63.7. The van der Waals surface area contributed by atoms with Gasteiger partial charge in [-0.1, -0.05) is 130 Å². The maximum Gasteiger partial charge on any atom is 0.573 e. The molecule has 686 valence electrons. The molecule has 0 atom stereocenters. The van der Waals surface area contributed by atoms with Crippen molar-refractivity contribution >= 4 is 186 Å². The molecule has 8 amide bonds. The highest BCUT2D eigenvalue weighted by Crippen LogP contribution is 2.35. The number of likely N-dealkylation sites (tertiary alicyclic amines) is 2. The van der Waals surface area contributed by atoms with Crippen molar-refractivity contribution in [2.45, 2.75) is 46.3 Å². The highest BCUT2D eigenvalue weighted by atomic mass is 35.5. The third-order valence-electron chi connectivity index (χ3n) is 19.9. The Hall–Kier alpha value is -14.8. The molecule has 3 aliphatic heterocycles. The lowest BCUT2D eigenvalue weighted by molar-refractivity contribution is -0.275. The van der Waals surface area contributed by atoms with Gasteiger partial charge in [0.15, 0.2) is 0 Å². The quantitative estimate of drug-likeness (QED) is 0.0130. The number of aromatic nitrogens is 4. The predicted molar refractivity (Wildman–Crippen MR) is 504 cm³/mol. The van der Waals surface area contributed by atoms with Crippen LogP contribution in [0.25, 0.3) is 5.57 Å². The van der Waals surface area contributed by atoms with Gasteiger partial charge < -0.3 is 66.7 Å². The number of rotatable bonds is 22. The second kappa shape index (κ2) is 43.9. The summed E-state index contributed by atoms with van der Waals surface area (Å²) in [5.74, 6) is -3.64. The van der Waals surface area contributed by atoms with Gasteiger partial charge in [-0.05, 0) is 208 Å². The van der Waals surface area contributed by atoms with E-state index in [-0.39, 0.29) is 68.2 Å². The van der Waals surface area contributed by atoms with Crippen molar-refractivity contribution in [2.24, 2.45) is 0 Å². The van der Waals surface area contributed by atoms with Crippen LogP contribution in [0.5, 0.6) is 11.5 Å². The molecule has 0 saturated carbocycles. The number of carbonyl (C=O) groups excluding carboxylic acids is 8. The van der Waals surface area contributed by atoms with Gasteiger partial charge in [-0.25, -0.2) is 19.9 Å². The normalized spacial score (nSPS) is 12.2. The molecule has 40 heteroatoms. The summed E-state index contributed by atoms with van der Waals surface area (Å²) in [6.07, 6.45) is -2.39. The largest absolute Gasteiger partial charge is 0.573 e. The van der Waals surface area contributed by atoms with Gasteiger partial charge in [0.2, 0.25) is 0 Å². The van der Waals surface area contributed by atoms with Crippen molar-refractivity contribution < 1.29 is 74.2 Å². The van der Waals surface area contributed by atoms with Crippen LogP contribution in [0.15, 0.2) is 238 Å². The molecule has 134 heavy (non-hydrogen) atoms. The number of ether oxygens (including phenoxy) is 2. The minimum atomic E-state index is -4.97. The average Bonchev–Trinajstić information content (AvgIpc) is 1.44. The van der Waals surface area contributed by atoms with Crippen molar-refractivity contribution in [1.82, 2.24) is 34.6 Å². The monoisotopic (exact) mass is 1940 g/mol. The minimum Gasteiger partial charge on any atom is -0.406 e. The van der Waals surface area contributed by atoms with Gasteiger partial charge in [0, 0.05) is 113 Å². The van der Waals surface area contributed by atoms with E-state index in [2.05, 4.69) is 78.5 Å². The van der Waals surface area contributed by atoms with E-state index in [0.717, 1.165) is 111 Å². The van der Waals surface area contributed by atoms with Crippen molar-refractivity contribution in [3.63, 3.8) is 0 Å². The second-order valence-electron chi connectivity index (χ2n) is 29.7. The first-order valence-corrected chi connectivity index (χ1v) is 42.5. The zero-order valence-corrected chi connectivity index (χ0v) is 75.1. The SMILES string of the molecule is C=C(C)c1ccc(C(=O)Nc2ccc(OC(F)(F)F)cc2C(=O)Nc2ccc(Cl)cn2)cc1.Cc1cc(Cl)cc(C(=O)Nc2ccc(Cl)cn2)c1NC(=O)c1ccc(C(=N)N2CC2)cc1.Cc1cc(Cl)cc(C(=O)Nc2ccc(Cl)cn2)c1NC(=O)c1ccc(C(=N)N2CCC2)cc1.N=C(c1ccc(C(=O)Nc2ccc(OC(F)(F)F)cc2C(=O)Nc2ccc(Cl)cn2)cc1)N1CCC1. The van der Waals surface area contributed by atoms with Crippen LogP contribution in [0, 0.1) is 30.1 Å². The predicted octanol–water partition coefficient (Wildman–Crippen LogP) is 21.4. The Balaban J connectivity index is 0.000000161. The van der Waals surface area contributed by atoms with Gasteiger partial charge in [0.1, 0.15) is 52.3 Å². The lowest BCUT2D eigenvalue weighted by Crippen LogP contribution is -2.42. The number of benzene rings is 8. The summed E-state index contributed by atoms with van der Waals surface area (Å²) in [7, 11) is 0. The standard InChI is InChI=1S/C24H21Cl2N5O2.C24H19ClF3N5O3.C23H19Cl2N5O2.C23H17ClF3N3O3/c1-14-11-18(26)12-19(24(33)29-20-8-7-17(25)13-28-20)21(14)30-23(32)16-5-3-15(4-6-16)22(27)31-9-2-10-31;25-16-6-9-20(30-13-16)32-23(35)18-12-17(36-24(26,27)28)7-8-19(18)31-22(34)15-4-2-14(3-5-15)21(29)33-10-1-11-33;1-13-10-17(25)11-18(23(32)28-19-7-6-16(24)12-27-19)20(13)29-22(31)15-4-2-14(3-5-15)21(26)30-8-9-30;1-13(2)14-3-5-15(6-4-14)21(31)29-19-9-8-17(33-23(25,26)27)11-18(19)22(32)30-20-10-7-16(24)12-28-20/h3-8,11-13,27H,2,9-10H2,1H3,(H,30,32)(H,28,29,33);2-9,12-13,29H,1,10-11H2,(H,31,34)(H,30,32,35);2-7,10-12,26H,8-9H2,1H3,(H,29,31)(H,27,28,32);3-12H,1H2,2H3,(H,29,31)(H,28,30,32). The van der Waals surface area contributed by atoms with Crippen LogP contribution in [0.4, 0.5) is 72.4 Å². The number of alkyl halides is 6. The molecule has 0 radical (unpaired) electrons. The smallest absolute Gasteiger partial charge is 0.406 e. The summed E-state index contributed by atoms with van der Waals surface area (Å²) in [5, 5.41) is 47.8. The molecule has 7 heterocycles. The number of hydrogen-bond donors (Lipinski definition) is 11. The Kier molecular flexibility index (Phi) is 32.2. The maximum atomic E-state index is 12.9. The number of anilines is 8. The Morgan fingerprint density at radius 1 is 0.321 bits per heavy atom. The molecule has 3 aliphatic rings. The molecule has 3 fully saturated rings. The Morgan fingerprint density at radius 2 is 0.582 bits per heavy atom. The number of hydrogen-bond acceptors (Lipinski definition) is 17. The molecule has 0 unspecified atom stereocenters. The number of allylic oxidation sites excluding steroid dienone is 1. The highest BCUT2D eigenvalue weighted by molar-refractivity contribution is 6.33. The third kappa shape index (κ3) is 27.4. The van der Waals surface area contributed by atoms with E-state index in [9.17, 15) is 64.7 Å². The van der Waals surface area contributed by atoms with Crippen LogP contribution in [-0.4, -0.2) is 151 Å². The van der Waals surface area contributed by atoms with Crippen molar-refractivity contribution in [1.29, 1.82) is 16.2 Å². The molecular formula is C94H76Cl6F6N18O10. The molecule has 4 aromatic heterocycles. The fourth-order valence-corrected chi connectivity index (χ4v) is 13.6. The van der Waals surface area contributed by atoms with Gasteiger partial charge in [0.05, 0.1) is 65.1 Å². The Morgan fingerprint density at radius 3 is 0.828 bits per heavy atom. The molecule has 12 aromatic rings. The molecule has 8 aromatic carbocycles. The van der Waals surface area contributed by atoms with Crippen LogP contribution < -0.4 is 52.0 Å². The molecule has 0 aliphatic carbocycles. The van der Waals surface area contributed by atoms with Gasteiger partial charge in [-0.15, -0.1) is 26.3 Å². The number of aryl methyl sites for hydroxylation is 2. The number of amides is 8. The maximum absolute atomic E-state index is 12.9. The highest BCUT2D eigenvalue weighted by Gasteiger charge is 2.34. The first-order valence-electron chi connectivity index (χ1n) is 40.2. The van der Waals surface area contributed by atoms with E-state index in [1.165, 1.54) is 73.3 Å². The van der Waals surface area contributed by atoms with Crippen LogP contribution in [0.2, 0.25) is 30.1 Å². The van der Waals surface area contributed by atoms with Crippen molar-refractivity contribution in [3.05, 3.63) is 346 Å². The fraction of sp³-hybridized carbons (Fsp3) is 0.138. The summed E-state index contributed by atoms with van der Waals surface area (Å²) in [4.78, 5) is 125. The van der Waals surface area contributed by atoms with E-state index >= 15 is 0 Å². The second-order valence-corrected chi connectivity index (χ2v) is 32.3. The Bertz CT molecular complexity index is 6480. The number of nitrogens with one attached hydrogen (secondary N) is 11. The lowest BCUT2D eigenvalue weighted by atomic mass is 10.1. The van der Waals surface area contributed by atoms with Crippen LogP contribution in [0.3, 0.4) is 0 Å². The van der Waals surface area contributed by atoms with Crippen LogP contribution in [-0.2, 0) is 0 Å². The number of amidine groups is 3. The Labute approximate surface area is 791 Å². The minimum absolute atomic E-state index is 0.0232. The van der Waals surface area contributed by atoms with Crippen molar-refractivity contribution in [3.8, 4) is 11.5 Å². The molecule has 0 spiro atoms. The van der Waals surface area contributed by atoms with Crippen LogP contribution in [0.1, 0.15) is 136 Å². The molecule has 11 N–H and O–H groups in total. The zero-order valence-electron chi connectivity index (χ0n) is 70.6. The summed E-state index contributed by atoms with van der Waals surface area (Å²) < 4.78 is 84.0. The van der Waals surface area contributed by atoms with E-state index < -0.39 is 59.7 Å². The van der Waals surface area contributed by atoms with Gasteiger partial charge in [-0.3, -0.25) is 54.6 Å². The third-order valence-corrected chi connectivity index (χ3v) is 21.2. The summed E-state index contributed by atoms with van der Waals surface area (Å²) in [6.45, 7) is 14.3.